The van der Waals surface area contributed by atoms with E-state index < -0.39 is 51.2 Å². The first-order valence-corrected chi connectivity index (χ1v) is 12.7. The Labute approximate surface area is 197 Å². The highest BCUT2D eigenvalue weighted by atomic mass is 32.2. The maximum atomic E-state index is 17.3. The zero-order valence-electron chi connectivity index (χ0n) is 19.5. The Kier molecular flexibility index (Phi) is 5.96. The fourth-order valence-electron chi connectivity index (χ4n) is 7.57. The zero-order chi connectivity index (χ0) is 24.4. The topological polar surface area (TPSA) is 80.7 Å². The van der Waals surface area contributed by atoms with E-state index in [-0.39, 0.29) is 36.9 Å². The number of hydrogen-bond donors (Lipinski definition) is 1. The maximum absolute atomic E-state index is 17.3. The van der Waals surface area contributed by atoms with Crippen molar-refractivity contribution in [1.29, 1.82) is 0 Å². The summed E-state index contributed by atoms with van der Waals surface area (Å²) in [5.41, 5.74) is -5.17. The van der Waals surface area contributed by atoms with Crippen LogP contribution in [0.15, 0.2) is 23.8 Å². The van der Waals surface area contributed by atoms with E-state index in [0.29, 0.717) is 30.2 Å². The number of alkyl halides is 2. The van der Waals surface area contributed by atoms with E-state index in [4.69, 9.17) is 4.74 Å². The molecular formula is C25H32F2O5S. The van der Waals surface area contributed by atoms with Gasteiger partial charge in [0, 0.05) is 23.2 Å². The van der Waals surface area contributed by atoms with Gasteiger partial charge in [0.25, 0.3) is 0 Å². The number of aliphatic hydroxyl groups excluding tert-OH is 1. The quantitative estimate of drug-likeness (QED) is 0.595. The van der Waals surface area contributed by atoms with Gasteiger partial charge in [-0.05, 0) is 68.4 Å². The number of thioether (sulfide) groups is 1. The second kappa shape index (κ2) is 8.01. The van der Waals surface area contributed by atoms with Crippen LogP contribution in [0.1, 0.15) is 59.8 Å². The minimum Gasteiger partial charge on any atom is -0.449 e. The maximum Gasteiger partial charge on any atom is 0.306 e. The summed E-state index contributed by atoms with van der Waals surface area (Å²) in [7, 11) is 0. The van der Waals surface area contributed by atoms with E-state index in [1.165, 1.54) is 12.2 Å². The van der Waals surface area contributed by atoms with Crippen LogP contribution in [0.5, 0.6) is 0 Å². The first-order valence-electron chi connectivity index (χ1n) is 11.7. The largest absolute Gasteiger partial charge is 0.449 e. The number of carbonyl (C=O) groups is 3. The van der Waals surface area contributed by atoms with Crippen molar-refractivity contribution in [1.82, 2.24) is 0 Å². The van der Waals surface area contributed by atoms with Crippen molar-refractivity contribution in [2.75, 3.05) is 6.01 Å². The summed E-state index contributed by atoms with van der Waals surface area (Å²) in [5, 5.41) is 10.8. The molecular weight excluding hydrogens is 450 g/mol. The molecule has 1 N–H and O–H groups in total. The Morgan fingerprint density at radius 2 is 2.00 bits per heavy atom. The van der Waals surface area contributed by atoms with E-state index in [0.717, 1.165) is 0 Å². The van der Waals surface area contributed by atoms with Crippen LogP contribution in [0.3, 0.4) is 0 Å². The molecule has 4 aliphatic carbocycles. The molecule has 0 radical (unpaired) electrons. The van der Waals surface area contributed by atoms with E-state index >= 15 is 4.39 Å². The molecule has 3 saturated carbocycles. The van der Waals surface area contributed by atoms with Crippen molar-refractivity contribution in [3.8, 4) is 0 Å². The molecule has 0 aromatic rings. The Bertz CT molecular complexity index is 949. The van der Waals surface area contributed by atoms with Gasteiger partial charge in [-0.15, -0.1) is 0 Å². The Morgan fingerprint density at radius 1 is 1.30 bits per heavy atom. The van der Waals surface area contributed by atoms with Crippen molar-refractivity contribution in [2.24, 2.45) is 28.6 Å². The summed E-state index contributed by atoms with van der Waals surface area (Å²) in [5.74, 6) is -1.83. The van der Waals surface area contributed by atoms with Gasteiger partial charge < -0.3 is 9.84 Å². The average molecular weight is 483 g/mol. The Hall–Kier alpha value is -1.54. The van der Waals surface area contributed by atoms with Gasteiger partial charge in [0.1, 0.15) is 6.01 Å². The van der Waals surface area contributed by atoms with Gasteiger partial charge in [-0.1, -0.05) is 32.4 Å². The van der Waals surface area contributed by atoms with Crippen LogP contribution >= 0.6 is 11.8 Å². The van der Waals surface area contributed by atoms with Crippen molar-refractivity contribution < 1.29 is 33.0 Å². The Morgan fingerprint density at radius 3 is 2.64 bits per heavy atom. The molecule has 0 spiro atoms. The van der Waals surface area contributed by atoms with Gasteiger partial charge in [0.15, 0.2) is 17.1 Å². The molecule has 0 heterocycles. The van der Waals surface area contributed by atoms with Gasteiger partial charge in [0.2, 0.25) is 5.12 Å². The number of ketones is 1. The molecule has 182 valence electrons. The molecule has 8 atom stereocenters. The molecule has 5 nitrogen and oxygen atoms in total. The van der Waals surface area contributed by atoms with Gasteiger partial charge in [-0.3, -0.25) is 14.4 Å². The lowest BCUT2D eigenvalue weighted by Gasteiger charge is -2.63. The third-order valence-corrected chi connectivity index (χ3v) is 9.88. The molecule has 8 heteroatoms. The van der Waals surface area contributed by atoms with Crippen LogP contribution in [-0.4, -0.2) is 45.4 Å². The number of aliphatic hydroxyl groups is 1. The number of halogens is 2. The van der Waals surface area contributed by atoms with Crippen LogP contribution in [0.4, 0.5) is 8.78 Å². The van der Waals surface area contributed by atoms with Crippen LogP contribution in [-0.2, 0) is 19.1 Å². The smallest absolute Gasteiger partial charge is 0.306 e. The first-order chi connectivity index (χ1) is 15.4. The van der Waals surface area contributed by atoms with Gasteiger partial charge in [0.05, 0.1) is 6.10 Å². The number of esters is 1. The number of rotatable bonds is 4. The lowest BCUT2D eigenvalue weighted by molar-refractivity contribution is -0.225. The number of hydrogen-bond acceptors (Lipinski definition) is 6. The molecule has 4 rings (SSSR count). The van der Waals surface area contributed by atoms with E-state index in [9.17, 15) is 23.9 Å². The number of carbonyl (C=O) groups excluding carboxylic acids is 3. The van der Waals surface area contributed by atoms with E-state index in [1.54, 1.807) is 26.8 Å². The molecule has 0 amide bonds. The standard InChI is InChI=1S/C25H32F2O5S/c1-5-20(30)32-24(21(31)33-13-26)9-7-16-18-10-14(2)17-11-15(28)6-8-22(17,3)25(18,27)19(29)12-23(16,24)4/h6,8,11,14,16,18-19,29H,5,7,9-10,12-13H2,1-4H3. The highest BCUT2D eigenvalue weighted by Gasteiger charge is 2.76. The highest BCUT2D eigenvalue weighted by molar-refractivity contribution is 8.13. The second-order valence-corrected chi connectivity index (χ2v) is 11.4. The van der Waals surface area contributed by atoms with Gasteiger partial charge >= 0.3 is 5.97 Å². The summed E-state index contributed by atoms with van der Waals surface area (Å²) >= 11 is 0.466. The summed E-state index contributed by atoms with van der Waals surface area (Å²) in [6, 6.07) is -0.952. The summed E-state index contributed by atoms with van der Waals surface area (Å²) in [6.45, 7) is 7.09. The average Bonchev–Trinajstić information content (AvgIpc) is 3.04. The molecule has 0 aromatic heterocycles. The molecule has 0 aliphatic heterocycles. The number of ether oxygens (including phenoxy) is 1. The summed E-state index contributed by atoms with van der Waals surface area (Å²) in [6.07, 6.45) is 3.95. The minimum atomic E-state index is -2.05. The molecule has 0 aromatic carbocycles. The Balaban J connectivity index is 1.83. The third kappa shape index (κ3) is 3.08. The molecule has 0 saturated heterocycles. The fraction of sp³-hybridized carbons (Fsp3) is 0.720. The molecule has 4 aliphatic rings. The van der Waals surface area contributed by atoms with Crippen LogP contribution < -0.4 is 0 Å². The van der Waals surface area contributed by atoms with Crippen LogP contribution in [0, 0.1) is 28.6 Å². The summed E-state index contributed by atoms with van der Waals surface area (Å²) < 4.78 is 36.3. The highest BCUT2D eigenvalue weighted by Crippen LogP contribution is 2.71. The third-order valence-electron chi connectivity index (χ3n) is 9.18. The zero-order valence-corrected chi connectivity index (χ0v) is 20.3. The molecule has 0 bridgehead atoms. The van der Waals surface area contributed by atoms with E-state index in [1.807, 2.05) is 6.92 Å². The fourth-order valence-corrected chi connectivity index (χ4v) is 8.27. The molecule has 8 unspecified atom stereocenters. The number of allylic oxidation sites excluding steroid dienone is 4. The SMILES string of the molecule is CCC(=O)OC1(C(=O)SCF)CCC2C3CC(C)C4=CC(=O)C=CC4(C)C3(F)C(O)CC21C. The van der Waals surface area contributed by atoms with Gasteiger partial charge in [-0.2, -0.15) is 0 Å². The monoisotopic (exact) mass is 482 g/mol. The predicted octanol–water partition coefficient (Wildman–Crippen LogP) is 4.48. The van der Waals surface area contributed by atoms with Crippen molar-refractivity contribution in [3.63, 3.8) is 0 Å². The van der Waals surface area contributed by atoms with E-state index in [2.05, 4.69) is 0 Å². The lowest BCUT2D eigenvalue weighted by Crippen LogP contribution is -2.70. The molecule has 3 fully saturated rings. The van der Waals surface area contributed by atoms with Crippen molar-refractivity contribution in [2.45, 2.75) is 77.2 Å². The van der Waals surface area contributed by atoms with Crippen LogP contribution in [0.25, 0.3) is 0 Å². The normalized spacial score (nSPS) is 46.2. The van der Waals surface area contributed by atoms with Gasteiger partial charge in [-0.25, -0.2) is 8.78 Å². The second-order valence-electron chi connectivity index (χ2n) is 10.5. The number of fused-ring (bicyclic) bond motifs is 5. The first kappa shape index (κ1) is 24.6. The van der Waals surface area contributed by atoms with Crippen molar-refractivity contribution >= 4 is 28.6 Å². The summed E-state index contributed by atoms with van der Waals surface area (Å²) in [4.78, 5) is 37.7. The predicted molar refractivity (Wildman–Crippen MR) is 121 cm³/mol. The van der Waals surface area contributed by atoms with Crippen LogP contribution in [0.2, 0.25) is 0 Å². The van der Waals surface area contributed by atoms with Crippen molar-refractivity contribution in [3.05, 3.63) is 23.8 Å². The molecule has 33 heavy (non-hydrogen) atoms. The lowest BCUT2D eigenvalue weighted by atomic mass is 9.43. The minimum absolute atomic E-state index is 0.0528.